The molecule has 6 nitrogen and oxygen atoms in total. The molecule has 0 atom stereocenters. The van der Waals surface area contributed by atoms with Crippen molar-refractivity contribution in [3.05, 3.63) is 44.4 Å². The second kappa shape index (κ2) is 7.48. The lowest BCUT2D eigenvalue weighted by molar-refractivity contribution is -0.144. The van der Waals surface area contributed by atoms with Crippen LogP contribution in [0.1, 0.15) is 30.2 Å². The molecule has 7 heteroatoms. The molecule has 3 rings (SSSR count). The van der Waals surface area contributed by atoms with E-state index in [1.54, 1.807) is 12.3 Å². The number of benzene rings is 1. The first-order chi connectivity index (χ1) is 12.1. The van der Waals surface area contributed by atoms with Crippen LogP contribution in [-0.4, -0.2) is 28.5 Å². The molecule has 0 spiro atoms. The number of esters is 1. The van der Waals surface area contributed by atoms with Crippen molar-refractivity contribution in [3.8, 4) is 5.88 Å². The first-order valence-corrected chi connectivity index (χ1v) is 8.85. The van der Waals surface area contributed by atoms with Gasteiger partial charge >= 0.3 is 10.8 Å². The number of para-hydroxylation sites is 1. The summed E-state index contributed by atoms with van der Waals surface area (Å²) in [7, 11) is 0. The Morgan fingerprint density at radius 2 is 2.20 bits per heavy atom. The van der Waals surface area contributed by atoms with E-state index in [0.29, 0.717) is 11.5 Å². The zero-order valence-electron chi connectivity index (χ0n) is 13.8. The van der Waals surface area contributed by atoms with Gasteiger partial charge in [0.1, 0.15) is 6.54 Å². The molecule has 1 aromatic heterocycles. The SMILES string of the molecule is CCCCOC(=O)Cn1c(O)c(C=C2C=Nc3ccccc32)sc1=O. The van der Waals surface area contributed by atoms with Gasteiger partial charge in [0.05, 0.1) is 17.2 Å². The van der Waals surface area contributed by atoms with Crippen molar-refractivity contribution in [2.75, 3.05) is 6.61 Å². The van der Waals surface area contributed by atoms with Crippen molar-refractivity contribution in [1.29, 1.82) is 0 Å². The summed E-state index contributed by atoms with van der Waals surface area (Å²) in [6, 6.07) is 7.62. The molecular weight excluding hydrogens is 340 g/mol. The van der Waals surface area contributed by atoms with Gasteiger partial charge < -0.3 is 9.84 Å². The molecule has 0 radical (unpaired) electrons. The summed E-state index contributed by atoms with van der Waals surface area (Å²) in [6.07, 6.45) is 5.08. The van der Waals surface area contributed by atoms with Crippen LogP contribution in [0.25, 0.3) is 11.6 Å². The van der Waals surface area contributed by atoms with Gasteiger partial charge in [-0.05, 0) is 18.6 Å². The molecule has 0 saturated carbocycles. The first kappa shape index (κ1) is 17.2. The van der Waals surface area contributed by atoms with Gasteiger partial charge in [0.15, 0.2) is 0 Å². The lowest BCUT2D eigenvalue weighted by Gasteiger charge is -2.05. The molecule has 0 amide bonds. The first-order valence-electron chi connectivity index (χ1n) is 8.03. The van der Waals surface area contributed by atoms with Gasteiger partial charge in [-0.2, -0.15) is 0 Å². The summed E-state index contributed by atoms with van der Waals surface area (Å²) in [5.74, 6) is -0.761. The maximum absolute atomic E-state index is 12.1. The van der Waals surface area contributed by atoms with E-state index in [1.165, 1.54) is 0 Å². The quantitative estimate of drug-likeness (QED) is 0.635. The number of unbranched alkanes of at least 4 members (excludes halogenated alkanes) is 1. The fourth-order valence-electron chi connectivity index (χ4n) is 2.45. The zero-order chi connectivity index (χ0) is 17.8. The van der Waals surface area contributed by atoms with Crippen LogP contribution in [-0.2, 0) is 16.1 Å². The lowest BCUT2D eigenvalue weighted by atomic mass is 10.1. The standard InChI is InChI=1S/C18H18N2O4S/c1-2-3-8-24-16(21)11-20-17(22)15(25-18(20)23)9-12-10-19-14-7-5-4-6-13(12)14/h4-7,9-10,22H,2-3,8,11H2,1H3. The molecule has 1 aliphatic rings. The predicted molar refractivity (Wildman–Crippen MR) is 98.6 cm³/mol. The average molecular weight is 358 g/mol. The minimum absolute atomic E-state index is 0.229. The van der Waals surface area contributed by atoms with Gasteiger partial charge in [-0.3, -0.25) is 19.1 Å². The number of carbonyl (C=O) groups excluding carboxylic acids is 1. The van der Waals surface area contributed by atoms with Crippen molar-refractivity contribution in [3.63, 3.8) is 0 Å². The third-order valence-electron chi connectivity index (χ3n) is 3.79. The summed E-state index contributed by atoms with van der Waals surface area (Å²) < 4.78 is 6.07. The van der Waals surface area contributed by atoms with Crippen molar-refractivity contribution in [1.82, 2.24) is 4.57 Å². The van der Waals surface area contributed by atoms with E-state index in [4.69, 9.17) is 4.74 Å². The number of nitrogens with zero attached hydrogens (tertiary/aromatic N) is 2. The number of aromatic hydroxyl groups is 1. The summed E-state index contributed by atoms with van der Waals surface area (Å²) >= 11 is 0.884. The number of ether oxygens (including phenoxy) is 1. The number of allylic oxidation sites excluding steroid dienone is 1. The lowest BCUT2D eigenvalue weighted by Crippen LogP contribution is -2.21. The number of hydrogen-bond acceptors (Lipinski definition) is 6. The van der Waals surface area contributed by atoms with E-state index >= 15 is 0 Å². The smallest absolute Gasteiger partial charge is 0.326 e. The van der Waals surface area contributed by atoms with E-state index in [0.717, 1.165) is 45.6 Å². The van der Waals surface area contributed by atoms with Crippen LogP contribution in [0.3, 0.4) is 0 Å². The van der Waals surface area contributed by atoms with E-state index in [9.17, 15) is 14.7 Å². The molecule has 0 saturated heterocycles. The monoisotopic (exact) mass is 358 g/mol. The van der Waals surface area contributed by atoms with E-state index in [2.05, 4.69) is 4.99 Å². The Labute approximate surface area is 148 Å². The molecule has 2 aromatic rings. The molecule has 0 unspecified atom stereocenters. The number of thiazole rings is 1. The largest absolute Gasteiger partial charge is 0.493 e. The van der Waals surface area contributed by atoms with Crippen LogP contribution in [0.15, 0.2) is 34.1 Å². The summed E-state index contributed by atoms with van der Waals surface area (Å²) in [5, 5.41) is 10.3. The van der Waals surface area contributed by atoms with Crippen LogP contribution in [0.5, 0.6) is 5.88 Å². The van der Waals surface area contributed by atoms with Crippen LogP contribution in [0.4, 0.5) is 5.69 Å². The highest BCUT2D eigenvalue weighted by molar-refractivity contribution is 7.10. The van der Waals surface area contributed by atoms with E-state index < -0.39 is 10.8 Å². The Morgan fingerprint density at radius 3 is 3.00 bits per heavy atom. The van der Waals surface area contributed by atoms with E-state index in [1.807, 2.05) is 31.2 Å². The van der Waals surface area contributed by atoms with Crippen LogP contribution in [0, 0.1) is 0 Å². The molecule has 0 aliphatic carbocycles. The van der Waals surface area contributed by atoms with E-state index in [-0.39, 0.29) is 12.4 Å². The van der Waals surface area contributed by atoms with Crippen LogP contribution in [0.2, 0.25) is 0 Å². The topological polar surface area (TPSA) is 80.9 Å². The predicted octanol–water partition coefficient (Wildman–Crippen LogP) is 3.22. The molecule has 0 bridgehead atoms. The second-order valence-corrected chi connectivity index (χ2v) is 6.58. The molecular formula is C18H18N2O4S. The fraction of sp³-hybridized carbons (Fsp3) is 0.278. The van der Waals surface area contributed by atoms with Crippen molar-refractivity contribution < 1.29 is 14.6 Å². The molecule has 25 heavy (non-hydrogen) atoms. The molecule has 1 N–H and O–H groups in total. The Kier molecular flexibility index (Phi) is 5.14. The van der Waals surface area contributed by atoms with Gasteiger partial charge in [0.25, 0.3) is 0 Å². The highest BCUT2D eigenvalue weighted by Crippen LogP contribution is 2.34. The van der Waals surface area contributed by atoms with Gasteiger partial charge in [0.2, 0.25) is 5.88 Å². The fourth-order valence-corrected chi connectivity index (χ4v) is 3.28. The summed E-state index contributed by atoms with van der Waals surface area (Å²) in [4.78, 5) is 28.2. The number of carbonyl (C=O) groups is 1. The number of fused-ring (bicyclic) bond motifs is 1. The Morgan fingerprint density at radius 1 is 1.40 bits per heavy atom. The Hall–Kier alpha value is -2.67. The highest BCUT2D eigenvalue weighted by atomic mass is 32.1. The maximum Gasteiger partial charge on any atom is 0.326 e. The third-order valence-corrected chi connectivity index (χ3v) is 4.70. The Balaban J connectivity index is 1.81. The average Bonchev–Trinajstić information content (AvgIpc) is 3.12. The second-order valence-electron chi connectivity index (χ2n) is 5.59. The van der Waals surface area contributed by atoms with Crippen molar-refractivity contribution in [2.24, 2.45) is 4.99 Å². The third kappa shape index (κ3) is 3.71. The number of rotatable bonds is 6. The van der Waals surface area contributed by atoms with Gasteiger partial charge in [0, 0.05) is 17.4 Å². The van der Waals surface area contributed by atoms with Crippen LogP contribution < -0.4 is 4.87 Å². The number of aromatic nitrogens is 1. The Bertz CT molecular complexity index is 908. The van der Waals surface area contributed by atoms with Crippen molar-refractivity contribution >= 4 is 40.9 Å². The normalized spacial score (nSPS) is 14.0. The van der Waals surface area contributed by atoms with Gasteiger partial charge in [-0.1, -0.05) is 42.9 Å². The highest BCUT2D eigenvalue weighted by Gasteiger charge is 2.18. The van der Waals surface area contributed by atoms with Gasteiger partial charge in [-0.25, -0.2) is 0 Å². The zero-order valence-corrected chi connectivity index (χ0v) is 14.6. The summed E-state index contributed by atoms with van der Waals surface area (Å²) in [5.41, 5.74) is 2.60. The minimum atomic E-state index is -0.532. The summed E-state index contributed by atoms with van der Waals surface area (Å²) in [6.45, 7) is 2.02. The number of hydrogen-bond donors (Lipinski definition) is 1. The maximum atomic E-state index is 12.1. The minimum Gasteiger partial charge on any atom is -0.493 e. The number of aliphatic imine (C=N–C) groups is 1. The molecule has 0 fully saturated rings. The van der Waals surface area contributed by atoms with Crippen LogP contribution >= 0.6 is 11.3 Å². The molecule has 1 aromatic carbocycles. The molecule has 130 valence electrons. The molecule has 1 aliphatic heterocycles. The van der Waals surface area contributed by atoms with Gasteiger partial charge in [-0.15, -0.1) is 0 Å². The molecule has 2 heterocycles. The van der Waals surface area contributed by atoms with Crippen molar-refractivity contribution in [2.45, 2.75) is 26.3 Å².